The summed E-state index contributed by atoms with van der Waals surface area (Å²) in [6, 6.07) is 0. The van der Waals surface area contributed by atoms with Crippen molar-refractivity contribution in [2.75, 3.05) is 0 Å². The molecule has 0 nitrogen and oxygen atoms in total. The first-order valence-corrected chi connectivity index (χ1v) is 3.72. The molecule has 8 heteroatoms. The van der Waals surface area contributed by atoms with Gasteiger partial charge in [-0.25, -0.2) is 22.0 Å². The van der Waals surface area contributed by atoms with E-state index in [4.69, 9.17) is 0 Å². The Labute approximate surface area is 80.3 Å². The topological polar surface area (TPSA) is 0 Å². The lowest BCUT2D eigenvalue weighted by Crippen LogP contribution is -2.54. The lowest BCUT2D eigenvalue weighted by molar-refractivity contribution is -0.305. The predicted octanol–water partition coefficient (Wildman–Crippen LogP) is 3.96. The van der Waals surface area contributed by atoms with E-state index in [1.54, 1.807) is 0 Å². The zero-order chi connectivity index (χ0) is 12.7. The van der Waals surface area contributed by atoms with Crippen molar-refractivity contribution in [1.82, 2.24) is 0 Å². The monoisotopic (exact) mass is 244 g/mol. The first kappa shape index (κ1) is 14.4. The highest BCUT2D eigenvalue weighted by Gasteiger charge is 2.69. The average molecular weight is 244 g/mol. The molecule has 0 saturated carbocycles. The van der Waals surface area contributed by atoms with Gasteiger partial charge < -0.3 is 0 Å². The predicted molar refractivity (Wildman–Crippen MR) is 35.8 cm³/mol. The molecule has 0 aromatic carbocycles. The fraction of sp³-hybridized carbons (Fsp3) is 1.00. The van der Waals surface area contributed by atoms with Crippen LogP contribution in [0.15, 0.2) is 0 Å². The molecule has 0 saturated heterocycles. The minimum Gasteiger partial charge on any atom is -0.227 e. The van der Waals surface area contributed by atoms with Crippen LogP contribution in [0.1, 0.15) is 20.3 Å². The van der Waals surface area contributed by atoms with Gasteiger partial charge in [-0.3, -0.25) is 0 Å². The molecular formula is C7H8F8. The van der Waals surface area contributed by atoms with Crippen molar-refractivity contribution < 1.29 is 35.1 Å². The van der Waals surface area contributed by atoms with Crippen molar-refractivity contribution in [2.24, 2.45) is 0 Å². The largest absolute Gasteiger partial charge is 0.428 e. The first-order valence-electron chi connectivity index (χ1n) is 3.72. The van der Waals surface area contributed by atoms with Gasteiger partial charge >= 0.3 is 6.18 Å². The molecule has 92 valence electrons. The second-order valence-corrected chi connectivity index (χ2v) is 3.45. The van der Waals surface area contributed by atoms with Gasteiger partial charge in [0.05, 0.1) is 6.42 Å². The van der Waals surface area contributed by atoms with Crippen molar-refractivity contribution in [3.05, 3.63) is 0 Å². The van der Waals surface area contributed by atoms with Gasteiger partial charge in [-0.15, -0.1) is 0 Å². The number of alkyl halides is 8. The third-order valence-corrected chi connectivity index (χ3v) is 1.75. The summed E-state index contributed by atoms with van der Waals surface area (Å²) in [6.45, 7) is -0.466. The van der Waals surface area contributed by atoms with Gasteiger partial charge in [0.1, 0.15) is 0 Å². The van der Waals surface area contributed by atoms with Gasteiger partial charge in [0.15, 0.2) is 0 Å². The van der Waals surface area contributed by atoms with Crippen LogP contribution in [0.5, 0.6) is 0 Å². The van der Waals surface area contributed by atoms with Crippen LogP contribution < -0.4 is 0 Å². The molecule has 0 rings (SSSR count). The maximum Gasteiger partial charge on any atom is 0.428 e. The summed E-state index contributed by atoms with van der Waals surface area (Å²) in [7, 11) is 0. The van der Waals surface area contributed by atoms with E-state index in [0.717, 1.165) is 0 Å². The Morgan fingerprint density at radius 2 is 1.07 bits per heavy atom. The molecule has 0 bridgehead atoms. The average Bonchev–Trinajstić information content (AvgIpc) is 1.77. The van der Waals surface area contributed by atoms with Crippen molar-refractivity contribution >= 4 is 0 Å². The SMILES string of the molecule is CC(F)(F)CC(F)(F)C(C)(F)C(F)(F)F. The molecule has 0 fully saturated rings. The Balaban J connectivity index is 5.03. The Hall–Kier alpha value is -0.560. The minimum absolute atomic E-state index is 0.00658. The van der Waals surface area contributed by atoms with Crippen LogP contribution in [-0.4, -0.2) is 23.7 Å². The lowest BCUT2D eigenvalue weighted by atomic mass is 9.94. The molecule has 0 aliphatic carbocycles. The fourth-order valence-corrected chi connectivity index (χ4v) is 0.763. The summed E-state index contributed by atoms with van der Waals surface area (Å²) in [6.07, 6.45) is -8.39. The normalized spacial score (nSPS) is 18.8. The van der Waals surface area contributed by atoms with Crippen molar-refractivity contribution in [1.29, 1.82) is 0 Å². The van der Waals surface area contributed by atoms with Gasteiger partial charge in [-0.05, 0) is 13.8 Å². The minimum atomic E-state index is -5.90. The van der Waals surface area contributed by atoms with Crippen LogP contribution >= 0.6 is 0 Å². The summed E-state index contributed by atoms with van der Waals surface area (Å²) in [4.78, 5) is 0. The van der Waals surface area contributed by atoms with Gasteiger partial charge in [0, 0.05) is 0 Å². The number of rotatable bonds is 3. The second kappa shape index (κ2) is 3.48. The standard InChI is InChI=1S/C7H8F8/c1-4(8,9)3-6(11,12)5(2,10)7(13,14)15/h3H2,1-2H3. The number of hydrogen-bond donors (Lipinski definition) is 0. The van der Waals surface area contributed by atoms with Crippen LogP contribution in [0, 0.1) is 0 Å². The maximum atomic E-state index is 12.7. The number of halogens is 8. The van der Waals surface area contributed by atoms with E-state index < -0.39 is 37.0 Å². The van der Waals surface area contributed by atoms with E-state index in [1.165, 1.54) is 0 Å². The molecule has 0 aromatic heterocycles. The highest BCUT2D eigenvalue weighted by Crippen LogP contribution is 2.48. The van der Waals surface area contributed by atoms with Crippen molar-refractivity contribution in [2.45, 2.75) is 44.0 Å². The molecule has 1 unspecified atom stereocenters. The molecule has 0 aliphatic rings. The molecule has 0 aromatic rings. The van der Waals surface area contributed by atoms with Gasteiger partial charge in [0.25, 0.3) is 17.5 Å². The van der Waals surface area contributed by atoms with Gasteiger partial charge in [-0.2, -0.15) is 13.2 Å². The third kappa shape index (κ3) is 3.20. The lowest BCUT2D eigenvalue weighted by Gasteiger charge is -2.33. The third-order valence-electron chi connectivity index (χ3n) is 1.75. The molecule has 1 atom stereocenters. The second-order valence-electron chi connectivity index (χ2n) is 3.45. The molecule has 0 radical (unpaired) electrons. The molecule has 15 heavy (non-hydrogen) atoms. The van der Waals surface area contributed by atoms with E-state index in [9.17, 15) is 35.1 Å². The first-order chi connectivity index (χ1) is 6.21. The molecular weight excluding hydrogens is 236 g/mol. The van der Waals surface area contributed by atoms with E-state index in [1.807, 2.05) is 0 Å². The molecule has 0 amide bonds. The zero-order valence-corrected chi connectivity index (χ0v) is 7.73. The van der Waals surface area contributed by atoms with Gasteiger partial charge in [-0.1, -0.05) is 0 Å². The van der Waals surface area contributed by atoms with E-state index in [2.05, 4.69) is 0 Å². The fourth-order valence-electron chi connectivity index (χ4n) is 0.763. The highest BCUT2D eigenvalue weighted by atomic mass is 19.4. The molecule has 0 heterocycles. The Morgan fingerprint density at radius 3 is 1.27 bits per heavy atom. The molecule has 0 aliphatic heterocycles. The number of hydrogen-bond acceptors (Lipinski definition) is 0. The van der Waals surface area contributed by atoms with Crippen LogP contribution in [0.2, 0.25) is 0 Å². The van der Waals surface area contributed by atoms with Crippen molar-refractivity contribution in [3.8, 4) is 0 Å². The van der Waals surface area contributed by atoms with Crippen molar-refractivity contribution in [3.63, 3.8) is 0 Å². The Bertz CT molecular complexity index is 220. The summed E-state index contributed by atoms with van der Waals surface area (Å²) in [5.41, 5.74) is -4.97. The van der Waals surface area contributed by atoms with E-state index in [0.29, 0.717) is 0 Å². The smallest absolute Gasteiger partial charge is 0.227 e. The summed E-state index contributed by atoms with van der Waals surface area (Å²) in [5, 5.41) is 0. The van der Waals surface area contributed by atoms with E-state index in [-0.39, 0.29) is 6.92 Å². The summed E-state index contributed by atoms with van der Waals surface area (Å²) >= 11 is 0. The Morgan fingerprint density at radius 1 is 0.733 bits per heavy atom. The summed E-state index contributed by atoms with van der Waals surface area (Å²) < 4.78 is 97.6. The van der Waals surface area contributed by atoms with Gasteiger partial charge in [0.2, 0.25) is 0 Å². The van der Waals surface area contributed by atoms with Crippen LogP contribution in [0.3, 0.4) is 0 Å². The quantitative estimate of drug-likeness (QED) is 0.659. The molecule has 0 N–H and O–H groups in total. The maximum absolute atomic E-state index is 12.7. The molecule has 0 spiro atoms. The van der Waals surface area contributed by atoms with Crippen LogP contribution in [0.25, 0.3) is 0 Å². The van der Waals surface area contributed by atoms with Crippen LogP contribution in [0.4, 0.5) is 35.1 Å². The van der Waals surface area contributed by atoms with Crippen LogP contribution in [-0.2, 0) is 0 Å². The highest BCUT2D eigenvalue weighted by molar-refractivity contribution is 4.97. The zero-order valence-electron chi connectivity index (χ0n) is 7.73. The van der Waals surface area contributed by atoms with E-state index >= 15 is 0 Å². The Kier molecular flexibility index (Phi) is 3.35. The summed E-state index contributed by atoms with van der Waals surface area (Å²) in [5.74, 6) is -9.26.